The summed E-state index contributed by atoms with van der Waals surface area (Å²) in [4.78, 5) is 21.4. The van der Waals surface area contributed by atoms with Gasteiger partial charge >= 0.3 is 0 Å². The van der Waals surface area contributed by atoms with E-state index in [9.17, 15) is 4.79 Å². The maximum atomic E-state index is 12.3. The Morgan fingerprint density at radius 1 is 0.929 bits per heavy atom. The molecule has 0 unspecified atom stereocenters. The monoisotopic (exact) mass is 379 g/mol. The van der Waals surface area contributed by atoms with Gasteiger partial charge in [-0.1, -0.05) is 6.42 Å². The SMILES string of the molecule is O=c1ccc(C2CC2)nn1C1CCC(Nc2ncnc3c2CCCCC3)CC1. The maximum absolute atomic E-state index is 12.3. The number of aryl methyl sites for hydroxylation is 1. The Balaban J connectivity index is 1.26. The Morgan fingerprint density at radius 3 is 2.57 bits per heavy atom. The summed E-state index contributed by atoms with van der Waals surface area (Å²) in [5.74, 6) is 1.62. The summed E-state index contributed by atoms with van der Waals surface area (Å²) in [7, 11) is 0. The zero-order valence-corrected chi connectivity index (χ0v) is 16.4. The van der Waals surface area contributed by atoms with Crippen LogP contribution in [-0.2, 0) is 12.8 Å². The summed E-state index contributed by atoms with van der Waals surface area (Å²) in [5.41, 5.74) is 3.71. The van der Waals surface area contributed by atoms with Crippen LogP contribution in [0, 0.1) is 0 Å². The molecule has 1 N–H and O–H groups in total. The molecule has 2 saturated carbocycles. The molecule has 148 valence electrons. The van der Waals surface area contributed by atoms with Crippen molar-refractivity contribution in [2.75, 3.05) is 5.32 Å². The van der Waals surface area contributed by atoms with E-state index in [2.05, 4.69) is 15.3 Å². The number of nitrogens with zero attached hydrogens (tertiary/aromatic N) is 4. The van der Waals surface area contributed by atoms with Crippen molar-refractivity contribution in [2.45, 2.75) is 88.6 Å². The average molecular weight is 380 g/mol. The van der Waals surface area contributed by atoms with E-state index >= 15 is 0 Å². The van der Waals surface area contributed by atoms with E-state index in [1.54, 1.807) is 17.1 Å². The van der Waals surface area contributed by atoms with Crippen molar-refractivity contribution in [3.8, 4) is 0 Å². The van der Waals surface area contributed by atoms with Crippen molar-refractivity contribution in [1.82, 2.24) is 19.7 Å². The lowest BCUT2D eigenvalue weighted by molar-refractivity contribution is 0.301. The fraction of sp³-hybridized carbons (Fsp3) is 0.636. The third-order valence-corrected chi connectivity index (χ3v) is 6.60. The van der Waals surface area contributed by atoms with Crippen LogP contribution in [0.3, 0.4) is 0 Å². The number of anilines is 1. The molecular formula is C22H29N5O. The predicted molar refractivity (Wildman–Crippen MR) is 109 cm³/mol. The molecule has 3 aliphatic carbocycles. The second kappa shape index (κ2) is 7.64. The first kappa shape index (κ1) is 17.8. The van der Waals surface area contributed by atoms with E-state index < -0.39 is 0 Å². The number of aromatic nitrogens is 4. The van der Waals surface area contributed by atoms with Crippen molar-refractivity contribution in [2.24, 2.45) is 0 Å². The van der Waals surface area contributed by atoms with Gasteiger partial charge in [0, 0.05) is 29.3 Å². The minimum Gasteiger partial charge on any atom is -0.367 e. The van der Waals surface area contributed by atoms with Crippen molar-refractivity contribution in [1.29, 1.82) is 0 Å². The van der Waals surface area contributed by atoms with E-state index in [1.165, 1.54) is 43.4 Å². The van der Waals surface area contributed by atoms with Gasteiger partial charge in [-0.15, -0.1) is 0 Å². The molecule has 0 amide bonds. The molecule has 0 bridgehead atoms. The van der Waals surface area contributed by atoms with Gasteiger partial charge < -0.3 is 5.32 Å². The fourth-order valence-corrected chi connectivity index (χ4v) is 4.78. The van der Waals surface area contributed by atoms with Crippen LogP contribution in [0.4, 0.5) is 5.82 Å². The molecule has 6 nitrogen and oxygen atoms in total. The smallest absolute Gasteiger partial charge is 0.267 e. The van der Waals surface area contributed by atoms with Crippen LogP contribution in [-0.4, -0.2) is 25.8 Å². The highest BCUT2D eigenvalue weighted by molar-refractivity contribution is 5.47. The Labute approximate surface area is 165 Å². The van der Waals surface area contributed by atoms with Crippen LogP contribution in [0.5, 0.6) is 0 Å². The number of rotatable bonds is 4. The zero-order chi connectivity index (χ0) is 18.9. The normalized spacial score (nSPS) is 25.0. The van der Waals surface area contributed by atoms with Crippen molar-refractivity contribution in [3.05, 3.63) is 45.8 Å². The minimum absolute atomic E-state index is 0.0435. The molecule has 0 spiro atoms. The molecule has 2 heterocycles. The van der Waals surface area contributed by atoms with Gasteiger partial charge in [-0.2, -0.15) is 5.10 Å². The Bertz CT molecular complexity index is 896. The predicted octanol–water partition coefficient (Wildman–Crippen LogP) is 3.78. The lowest BCUT2D eigenvalue weighted by Gasteiger charge is -2.30. The van der Waals surface area contributed by atoms with Gasteiger partial charge in [0.1, 0.15) is 12.1 Å². The fourth-order valence-electron chi connectivity index (χ4n) is 4.78. The maximum Gasteiger partial charge on any atom is 0.267 e. The second-order valence-electron chi connectivity index (χ2n) is 8.67. The van der Waals surface area contributed by atoms with E-state index in [-0.39, 0.29) is 11.6 Å². The van der Waals surface area contributed by atoms with Gasteiger partial charge in [-0.05, 0) is 70.3 Å². The van der Waals surface area contributed by atoms with Crippen LogP contribution in [0.25, 0.3) is 0 Å². The van der Waals surface area contributed by atoms with Crippen LogP contribution >= 0.6 is 0 Å². The zero-order valence-electron chi connectivity index (χ0n) is 16.4. The van der Waals surface area contributed by atoms with Crippen molar-refractivity contribution in [3.63, 3.8) is 0 Å². The third kappa shape index (κ3) is 3.69. The second-order valence-corrected chi connectivity index (χ2v) is 8.67. The van der Waals surface area contributed by atoms with E-state index in [0.717, 1.165) is 50.0 Å². The first-order valence-corrected chi connectivity index (χ1v) is 11.0. The van der Waals surface area contributed by atoms with Gasteiger partial charge in [-0.3, -0.25) is 4.79 Å². The summed E-state index contributed by atoms with van der Waals surface area (Å²) in [6.45, 7) is 0. The number of hydrogen-bond acceptors (Lipinski definition) is 5. The lowest BCUT2D eigenvalue weighted by Crippen LogP contribution is -2.33. The average Bonchev–Trinajstić information content (AvgIpc) is 3.56. The van der Waals surface area contributed by atoms with E-state index in [0.29, 0.717) is 12.0 Å². The molecule has 2 fully saturated rings. The van der Waals surface area contributed by atoms with Crippen LogP contribution in [0.15, 0.2) is 23.3 Å². The van der Waals surface area contributed by atoms with Gasteiger partial charge in [-0.25, -0.2) is 14.6 Å². The van der Waals surface area contributed by atoms with Gasteiger partial charge in [0.25, 0.3) is 5.56 Å². The number of nitrogens with one attached hydrogen (secondary N) is 1. The van der Waals surface area contributed by atoms with Crippen LogP contribution < -0.4 is 10.9 Å². The van der Waals surface area contributed by atoms with Crippen molar-refractivity contribution >= 4 is 5.82 Å². The molecule has 0 aromatic carbocycles. The van der Waals surface area contributed by atoms with Gasteiger partial charge in [0.15, 0.2) is 0 Å². The first-order valence-electron chi connectivity index (χ1n) is 11.0. The summed E-state index contributed by atoms with van der Waals surface area (Å²) in [6.07, 6.45) is 14.1. The Kier molecular flexibility index (Phi) is 4.87. The standard InChI is InChI=1S/C22H29N5O/c28-21-13-12-19(15-6-7-15)26-27(21)17-10-8-16(9-11-17)25-22-18-4-2-1-3-5-20(18)23-14-24-22/h12-17H,1-11H2,(H,23,24,25). The molecule has 3 aliphatic rings. The molecule has 2 aromatic rings. The Hall–Kier alpha value is -2.24. The molecule has 0 radical (unpaired) electrons. The van der Waals surface area contributed by atoms with Crippen LogP contribution in [0.2, 0.25) is 0 Å². The minimum atomic E-state index is 0.0435. The van der Waals surface area contributed by atoms with Gasteiger partial charge in [0.2, 0.25) is 0 Å². The van der Waals surface area contributed by atoms with E-state index in [1.807, 2.05) is 6.07 Å². The van der Waals surface area contributed by atoms with Gasteiger partial charge in [0.05, 0.1) is 11.7 Å². The Morgan fingerprint density at radius 2 is 1.75 bits per heavy atom. The van der Waals surface area contributed by atoms with Crippen LogP contribution in [0.1, 0.15) is 86.7 Å². The molecule has 0 aliphatic heterocycles. The highest BCUT2D eigenvalue weighted by atomic mass is 16.1. The molecule has 6 heteroatoms. The molecular weight excluding hydrogens is 350 g/mol. The summed E-state index contributed by atoms with van der Waals surface area (Å²) < 4.78 is 1.76. The highest BCUT2D eigenvalue weighted by Crippen LogP contribution is 2.39. The summed E-state index contributed by atoms with van der Waals surface area (Å²) in [5, 5.41) is 8.40. The van der Waals surface area contributed by atoms with Crippen molar-refractivity contribution < 1.29 is 0 Å². The first-order chi connectivity index (χ1) is 13.8. The molecule has 0 saturated heterocycles. The topological polar surface area (TPSA) is 72.7 Å². The summed E-state index contributed by atoms with van der Waals surface area (Å²) >= 11 is 0. The largest absolute Gasteiger partial charge is 0.367 e. The number of fused-ring (bicyclic) bond motifs is 1. The number of hydrogen-bond donors (Lipinski definition) is 1. The quantitative estimate of drug-likeness (QED) is 0.819. The highest BCUT2D eigenvalue weighted by Gasteiger charge is 2.28. The molecule has 28 heavy (non-hydrogen) atoms. The third-order valence-electron chi connectivity index (χ3n) is 6.60. The molecule has 2 aromatic heterocycles. The van der Waals surface area contributed by atoms with E-state index in [4.69, 9.17) is 5.10 Å². The molecule has 5 rings (SSSR count). The molecule has 0 atom stereocenters. The summed E-state index contributed by atoms with van der Waals surface area (Å²) in [6, 6.07) is 4.28. The lowest BCUT2D eigenvalue weighted by atomic mass is 9.91.